The minimum Gasteiger partial charge on any atom is -0.489 e. The first-order valence-corrected chi connectivity index (χ1v) is 8.54. The molecular weight excluding hydrogens is 342 g/mol. The van der Waals surface area contributed by atoms with Crippen LogP contribution in [-0.2, 0) is 11.2 Å². The molecule has 1 N–H and O–H groups in total. The summed E-state index contributed by atoms with van der Waals surface area (Å²) in [6.45, 7) is 4.82. The summed E-state index contributed by atoms with van der Waals surface area (Å²) in [5.74, 6) is 1.59. The van der Waals surface area contributed by atoms with Crippen LogP contribution < -0.4 is 19.5 Å². The molecule has 1 amide bonds. The van der Waals surface area contributed by atoms with E-state index < -0.39 is 0 Å². The Kier molecular flexibility index (Phi) is 5.34. The quantitative estimate of drug-likeness (QED) is 0.871. The fourth-order valence-electron chi connectivity index (χ4n) is 2.57. The zero-order chi connectivity index (χ0) is 17.8. The van der Waals surface area contributed by atoms with Crippen LogP contribution >= 0.6 is 11.6 Å². The number of halogens is 1. The van der Waals surface area contributed by atoms with Gasteiger partial charge in [0, 0.05) is 0 Å². The highest BCUT2D eigenvalue weighted by molar-refractivity contribution is 6.32. The van der Waals surface area contributed by atoms with Crippen molar-refractivity contribution in [1.29, 1.82) is 0 Å². The molecule has 1 aliphatic rings. The molecule has 25 heavy (non-hydrogen) atoms. The molecule has 2 aromatic carbocycles. The standard InChI is InChI=1S/C19H20ClNO4/c1-12(2)25-16-6-4-3-5-15(16)21-18(22)11-13-9-14(20)19-17(10-13)23-7-8-24-19/h3-6,9-10,12H,7-8,11H2,1-2H3,(H,21,22). The first-order chi connectivity index (χ1) is 12.0. The summed E-state index contributed by atoms with van der Waals surface area (Å²) in [5.41, 5.74) is 1.40. The van der Waals surface area contributed by atoms with Gasteiger partial charge in [0.1, 0.15) is 19.0 Å². The predicted molar refractivity (Wildman–Crippen MR) is 97.0 cm³/mol. The van der Waals surface area contributed by atoms with Crippen LogP contribution in [-0.4, -0.2) is 25.2 Å². The number of fused-ring (bicyclic) bond motifs is 1. The number of carbonyl (C=O) groups is 1. The molecule has 0 saturated carbocycles. The Morgan fingerprint density at radius 1 is 1.24 bits per heavy atom. The summed E-state index contributed by atoms with van der Waals surface area (Å²) in [6, 6.07) is 10.9. The van der Waals surface area contributed by atoms with E-state index in [1.807, 2.05) is 38.1 Å². The molecule has 5 nitrogen and oxygen atoms in total. The normalized spacial score (nSPS) is 12.8. The van der Waals surface area contributed by atoms with Gasteiger partial charge in [-0.1, -0.05) is 23.7 Å². The molecular formula is C19H20ClNO4. The van der Waals surface area contributed by atoms with Crippen molar-refractivity contribution in [2.45, 2.75) is 26.4 Å². The van der Waals surface area contributed by atoms with E-state index in [-0.39, 0.29) is 18.4 Å². The number of hydrogen-bond acceptors (Lipinski definition) is 4. The van der Waals surface area contributed by atoms with Crippen molar-refractivity contribution in [3.8, 4) is 17.2 Å². The molecule has 132 valence electrons. The molecule has 0 aliphatic carbocycles. The molecule has 2 aromatic rings. The number of carbonyl (C=O) groups excluding carboxylic acids is 1. The Balaban J connectivity index is 1.72. The van der Waals surface area contributed by atoms with Crippen LogP contribution in [0.2, 0.25) is 5.02 Å². The van der Waals surface area contributed by atoms with Crippen molar-refractivity contribution in [2.75, 3.05) is 18.5 Å². The number of amides is 1. The van der Waals surface area contributed by atoms with Crippen molar-refractivity contribution in [1.82, 2.24) is 0 Å². The predicted octanol–water partition coefficient (Wildman–Crippen LogP) is 4.08. The summed E-state index contributed by atoms with van der Waals surface area (Å²) in [6.07, 6.45) is 0.196. The van der Waals surface area contributed by atoms with E-state index in [2.05, 4.69) is 5.32 Å². The van der Waals surface area contributed by atoms with E-state index in [4.69, 9.17) is 25.8 Å². The second-order valence-corrected chi connectivity index (χ2v) is 6.40. The van der Waals surface area contributed by atoms with Gasteiger partial charge in [-0.25, -0.2) is 0 Å². The molecule has 1 heterocycles. The monoisotopic (exact) mass is 361 g/mol. The van der Waals surface area contributed by atoms with Crippen LogP contribution in [0.5, 0.6) is 17.2 Å². The fraction of sp³-hybridized carbons (Fsp3) is 0.316. The Hall–Kier alpha value is -2.40. The van der Waals surface area contributed by atoms with Crippen molar-refractivity contribution >= 4 is 23.2 Å². The third kappa shape index (κ3) is 4.37. The maximum absolute atomic E-state index is 12.4. The first-order valence-electron chi connectivity index (χ1n) is 8.16. The third-order valence-corrected chi connectivity index (χ3v) is 3.83. The number of para-hydroxylation sites is 2. The van der Waals surface area contributed by atoms with Gasteiger partial charge in [-0.2, -0.15) is 0 Å². The molecule has 0 radical (unpaired) electrons. The van der Waals surface area contributed by atoms with Gasteiger partial charge in [0.05, 0.1) is 23.2 Å². The third-order valence-electron chi connectivity index (χ3n) is 3.55. The zero-order valence-corrected chi connectivity index (χ0v) is 14.9. The second kappa shape index (κ2) is 7.66. The lowest BCUT2D eigenvalue weighted by Gasteiger charge is -2.20. The number of benzene rings is 2. The van der Waals surface area contributed by atoms with E-state index in [0.29, 0.717) is 41.2 Å². The van der Waals surface area contributed by atoms with Gasteiger partial charge in [-0.3, -0.25) is 4.79 Å². The van der Waals surface area contributed by atoms with Crippen LogP contribution in [0.1, 0.15) is 19.4 Å². The number of ether oxygens (including phenoxy) is 3. The van der Waals surface area contributed by atoms with Gasteiger partial charge < -0.3 is 19.5 Å². The van der Waals surface area contributed by atoms with E-state index in [9.17, 15) is 4.79 Å². The summed E-state index contributed by atoms with van der Waals surface area (Å²) in [4.78, 5) is 12.4. The lowest BCUT2D eigenvalue weighted by atomic mass is 10.1. The second-order valence-electron chi connectivity index (χ2n) is 5.99. The van der Waals surface area contributed by atoms with Crippen LogP contribution in [0.3, 0.4) is 0 Å². The lowest BCUT2D eigenvalue weighted by Crippen LogP contribution is -2.18. The van der Waals surface area contributed by atoms with Crippen molar-refractivity contribution in [3.05, 3.63) is 47.0 Å². The SMILES string of the molecule is CC(C)Oc1ccccc1NC(=O)Cc1cc(Cl)c2c(c1)OCCO2. The topological polar surface area (TPSA) is 56.8 Å². The minimum absolute atomic E-state index is 0.0228. The van der Waals surface area contributed by atoms with Crippen LogP contribution in [0.25, 0.3) is 0 Å². The highest BCUT2D eigenvalue weighted by Gasteiger charge is 2.18. The van der Waals surface area contributed by atoms with E-state index in [0.717, 1.165) is 5.56 Å². The summed E-state index contributed by atoms with van der Waals surface area (Å²) < 4.78 is 16.8. The molecule has 1 aliphatic heterocycles. The van der Waals surface area contributed by atoms with Gasteiger partial charge in [-0.15, -0.1) is 0 Å². The first kappa shape index (κ1) is 17.4. The van der Waals surface area contributed by atoms with Gasteiger partial charge in [0.2, 0.25) is 5.91 Å². The highest BCUT2D eigenvalue weighted by atomic mass is 35.5. The highest BCUT2D eigenvalue weighted by Crippen LogP contribution is 2.38. The zero-order valence-electron chi connectivity index (χ0n) is 14.2. The van der Waals surface area contributed by atoms with Gasteiger partial charge >= 0.3 is 0 Å². The summed E-state index contributed by atoms with van der Waals surface area (Å²) in [5, 5.41) is 3.33. The number of anilines is 1. The Morgan fingerprint density at radius 2 is 2.00 bits per heavy atom. The van der Waals surface area contributed by atoms with Crippen molar-refractivity contribution in [2.24, 2.45) is 0 Å². The molecule has 0 fully saturated rings. The molecule has 6 heteroatoms. The maximum Gasteiger partial charge on any atom is 0.228 e. The Bertz CT molecular complexity index is 776. The minimum atomic E-state index is -0.160. The molecule has 0 spiro atoms. The molecule has 0 saturated heterocycles. The Labute approximate surface area is 151 Å². The number of hydrogen-bond donors (Lipinski definition) is 1. The van der Waals surface area contributed by atoms with Gasteiger partial charge in [0.25, 0.3) is 0 Å². The Morgan fingerprint density at radius 3 is 2.80 bits per heavy atom. The summed E-state index contributed by atoms with van der Waals surface area (Å²) >= 11 is 6.22. The van der Waals surface area contributed by atoms with Crippen LogP contribution in [0.4, 0.5) is 5.69 Å². The molecule has 0 unspecified atom stereocenters. The average Bonchev–Trinajstić information content (AvgIpc) is 2.56. The van der Waals surface area contributed by atoms with E-state index in [1.54, 1.807) is 12.1 Å². The fourth-order valence-corrected chi connectivity index (χ4v) is 2.86. The molecule has 0 atom stereocenters. The largest absolute Gasteiger partial charge is 0.489 e. The molecule has 0 bridgehead atoms. The lowest BCUT2D eigenvalue weighted by molar-refractivity contribution is -0.115. The van der Waals surface area contributed by atoms with Gasteiger partial charge in [0.15, 0.2) is 11.5 Å². The molecule has 0 aromatic heterocycles. The van der Waals surface area contributed by atoms with Gasteiger partial charge in [-0.05, 0) is 43.7 Å². The maximum atomic E-state index is 12.4. The van der Waals surface area contributed by atoms with Crippen molar-refractivity contribution in [3.63, 3.8) is 0 Å². The smallest absolute Gasteiger partial charge is 0.228 e. The average molecular weight is 362 g/mol. The van der Waals surface area contributed by atoms with Crippen molar-refractivity contribution < 1.29 is 19.0 Å². The van der Waals surface area contributed by atoms with Crippen LogP contribution in [0, 0.1) is 0 Å². The van der Waals surface area contributed by atoms with Crippen LogP contribution in [0.15, 0.2) is 36.4 Å². The van der Waals surface area contributed by atoms with E-state index >= 15 is 0 Å². The number of rotatable bonds is 5. The molecule has 3 rings (SSSR count). The summed E-state index contributed by atoms with van der Waals surface area (Å²) in [7, 11) is 0. The number of nitrogens with one attached hydrogen (secondary N) is 1. The van der Waals surface area contributed by atoms with E-state index in [1.165, 1.54) is 0 Å².